The first-order valence-electron chi connectivity index (χ1n) is 5.15. The number of carbonyl (C=O) groups is 1. The van der Waals surface area contributed by atoms with E-state index in [1.54, 1.807) is 12.1 Å². The summed E-state index contributed by atoms with van der Waals surface area (Å²) >= 11 is 11.8. The number of amides is 1. The van der Waals surface area contributed by atoms with Gasteiger partial charge in [0.05, 0.1) is 22.5 Å². The van der Waals surface area contributed by atoms with Gasteiger partial charge in [-0.2, -0.15) is 0 Å². The van der Waals surface area contributed by atoms with Crippen molar-refractivity contribution in [1.29, 1.82) is 0 Å². The van der Waals surface area contributed by atoms with Crippen LogP contribution in [0.2, 0.25) is 10.0 Å². The van der Waals surface area contributed by atoms with Crippen molar-refractivity contribution in [3.05, 3.63) is 46.1 Å². The molecule has 1 aromatic carbocycles. The highest BCUT2D eigenvalue weighted by Gasteiger charge is 2.11. The number of ether oxygens (including phenoxy) is 1. The summed E-state index contributed by atoms with van der Waals surface area (Å²) in [4.78, 5) is 15.1. The van der Waals surface area contributed by atoms with Crippen molar-refractivity contribution in [3.8, 4) is 11.6 Å². The molecule has 5 nitrogen and oxygen atoms in total. The molecule has 0 aliphatic carbocycles. The molecule has 0 bridgehead atoms. The Morgan fingerprint density at radius 1 is 1.26 bits per heavy atom. The largest absolute Gasteiger partial charge is 0.437 e. The summed E-state index contributed by atoms with van der Waals surface area (Å²) in [6.45, 7) is 0. The number of hydrogen-bond donors (Lipinski definition) is 2. The molecule has 1 aromatic heterocycles. The summed E-state index contributed by atoms with van der Waals surface area (Å²) in [6, 6.07) is 6.09. The van der Waals surface area contributed by atoms with E-state index >= 15 is 0 Å². The molecule has 2 aromatic rings. The van der Waals surface area contributed by atoms with Crippen molar-refractivity contribution in [2.24, 2.45) is 5.73 Å². The molecule has 1 heterocycles. The van der Waals surface area contributed by atoms with E-state index in [1.807, 2.05) is 0 Å². The summed E-state index contributed by atoms with van der Waals surface area (Å²) < 4.78 is 5.44. The van der Waals surface area contributed by atoms with Crippen LogP contribution in [0.15, 0.2) is 30.5 Å². The number of anilines is 1. The van der Waals surface area contributed by atoms with E-state index in [0.717, 1.165) is 0 Å². The molecule has 0 spiro atoms. The number of pyridine rings is 1. The summed E-state index contributed by atoms with van der Waals surface area (Å²) in [7, 11) is 0. The van der Waals surface area contributed by atoms with Crippen molar-refractivity contribution < 1.29 is 9.53 Å². The highest BCUT2D eigenvalue weighted by atomic mass is 35.5. The number of carbonyl (C=O) groups excluding carboxylic acids is 1. The zero-order valence-electron chi connectivity index (χ0n) is 9.56. The van der Waals surface area contributed by atoms with E-state index in [0.29, 0.717) is 15.8 Å². The minimum absolute atomic E-state index is 0.128. The number of hydrogen-bond acceptors (Lipinski definition) is 4. The zero-order chi connectivity index (χ0) is 14.0. The van der Waals surface area contributed by atoms with Gasteiger partial charge in [-0.25, -0.2) is 4.98 Å². The Balaban J connectivity index is 2.36. The van der Waals surface area contributed by atoms with Crippen LogP contribution < -0.4 is 16.2 Å². The van der Waals surface area contributed by atoms with Crippen LogP contribution in [0.5, 0.6) is 11.6 Å². The molecular weight excluding hydrogens is 289 g/mol. The summed E-state index contributed by atoms with van der Waals surface area (Å²) in [6.07, 6.45) is 1.29. The van der Waals surface area contributed by atoms with Crippen LogP contribution in [-0.2, 0) is 0 Å². The summed E-state index contributed by atoms with van der Waals surface area (Å²) in [5.74, 6) is -0.198. The smallest absolute Gasteiger partial charge is 0.251 e. The molecule has 0 unspecified atom stereocenters. The van der Waals surface area contributed by atoms with Crippen molar-refractivity contribution in [2.75, 3.05) is 5.73 Å². The van der Waals surface area contributed by atoms with E-state index < -0.39 is 5.91 Å². The molecule has 0 aliphatic rings. The fraction of sp³-hybridized carbons (Fsp3) is 0. The monoisotopic (exact) mass is 297 g/mol. The zero-order valence-corrected chi connectivity index (χ0v) is 11.1. The molecule has 19 heavy (non-hydrogen) atoms. The average Bonchev–Trinajstić information content (AvgIpc) is 2.36. The van der Waals surface area contributed by atoms with Gasteiger partial charge < -0.3 is 16.2 Å². The summed E-state index contributed by atoms with van der Waals surface area (Å²) in [5, 5.41) is 0.827. The van der Waals surface area contributed by atoms with Gasteiger partial charge in [-0.15, -0.1) is 0 Å². The predicted octanol–water partition coefficient (Wildman–Crippen LogP) is 2.86. The maximum Gasteiger partial charge on any atom is 0.251 e. The van der Waals surface area contributed by atoms with Gasteiger partial charge in [0.25, 0.3) is 5.91 Å². The van der Waals surface area contributed by atoms with E-state index in [9.17, 15) is 4.79 Å². The van der Waals surface area contributed by atoms with E-state index in [1.165, 1.54) is 18.3 Å². The summed E-state index contributed by atoms with van der Waals surface area (Å²) in [5.41, 5.74) is 11.1. The fourth-order valence-corrected chi connectivity index (χ4v) is 1.70. The van der Waals surface area contributed by atoms with E-state index in [4.69, 9.17) is 39.4 Å². The number of nitrogens with zero attached hydrogens (tertiary/aromatic N) is 1. The molecular formula is C12H9Cl2N3O2. The van der Waals surface area contributed by atoms with Gasteiger partial charge >= 0.3 is 0 Å². The SMILES string of the molecule is NC(=O)c1cc(Oc2cc(Cl)ccc2Cl)ncc1N. The highest BCUT2D eigenvalue weighted by molar-refractivity contribution is 6.34. The van der Waals surface area contributed by atoms with Crippen LogP contribution >= 0.6 is 23.2 Å². The van der Waals surface area contributed by atoms with Gasteiger partial charge in [0, 0.05) is 17.2 Å². The Hall–Kier alpha value is -1.98. The lowest BCUT2D eigenvalue weighted by atomic mass is 10.2. The molecule has 1 amide bonds. The third-order valence-electron chi connectivity index (χ3n) is 2.28. The molecule has 0 radical (unpaired) electrons. The van der Waals surface area contributed by atoms with Gasteiger partial charge in [0.15, 0.2) is 0 Å². The highest BCUT2D eigenvalue weighted by Crippen LogP contribution is 2.31. The maximum absolute atomic E-state index is 11.2. The van der Waals surface area contributed by atoms with Crippen LogP contribution in [0.3, 0.4) is 0 Å². The Kier molecular flexibility index (Phi) is 3.78. The number of aromatic nitrogens is 1. The third-order valence-corrected chi connectivity index (χ3v) is 2.83. The lowest BCUT2D eigenvalue weighted by molar-refractivity contribution is 0.100. The fourth-order valence-electron chi connectivity index (χ4n) is 1.38. The first kappa shape index (κ1) is 13.5. The first-order valence-corrected chi connectivity index (χ1v) is 5.91. The number of benzene rings is 1. The molecule has 0 atom stereocenters. The quantitative estimate of drug-likeness (QED) is 0.911. The van der Waals surface area contributed by atoms with Crippen LogP contribution in [0.25, 0.3) is 0 Å². The number of nitrogens with two attached hydrogens (primary N) is 2. The topological polar surface area (TPSA) is 91.2 Å². The molecule has 4 N–H and O–H groups in total. The second-order valence-corrected chi connectivity index (χ2v) is 4.49. The van der Waals surface area contributed by atoms with Crippen LogP contribution in [0.1, 0.15) is 10.4 Å². The molecule has 0 aliphatic heterocycles. The number of rotatable bonds is 3. The minimum atomic E-state index is -0.665. The molecule has 98 valence electrons. The lowest BCUT2D eigenvalue weighted by Gasteiger charge is -2.08. The average molecular weight is 298 g/mol. The van der Waals surface area contributed by atoms with Gasteiger partial charge in [-0.05, 0) is 12.1 Å². The molecule has 0 saturated heterocycles. The second-order valence-electron chi connectivity index (χ2n) is 3.65. The molecule has 7 heteroatoms. The Morgan fingerprint density at radius 2 is 2.00 bits per heavy atom. The Bertz CT molecular complexity index is 647. The number of primary amides is 1. The Labute approximate surface area is 119 Å². The molecule has 0 fully saturated rings. The van der Waals surface area contributed by atoms with Gasteiger partial charge in [-0.1, -0.05) is 23.2 Å². The molecule has 0 saturated carbocycles. The first-order chi connectivity index (χ1) is 8.97. The van der Waals surface area contributed by atoms with E-state index in [2.05, 4.69) is 4.98 Å². The standard InChI is InChI=1S/C12H9Cl2N3O2/c13-6-1-2-8(14)10(3-6)19-11-4-7(12(16)18)9(15)5-17-11/h1-5H,15H2,(H2,16,18). The third kappa shape index (κ3) is 3.07. The maximum atomic E-state index is 11.2. The van der Waals surface area contributed by atoms with Crippen LogP contribution in [-0.4, -0.2) is 10.9 Å². The van der Waals surface area contributed by atoms with Gasteiger partial charge in [0.1, 0.15) is 5.75 Å². The number of halogens is 2. The predicted molar refractivity (Wildman–Crippen MR) is 73.7 cm³/mol. The van der Waals surface area contributed by atoms with E-state index in [-0.39, 0.29) is 17.1 Å². The minimum Gasteiger partial charge on any atom is -0.437 e. The second kappa shape index (κ2) is 5.34. The van der Waals surface area contributed by atoms with Crippen molar-refractivity contribution in [3.63, 3.8) is 0 Å². The normalized spacial score (nSPS) is 10.2. The van der Waals surface area contributed by atoms with Crippen LogP contribution in [0, 0.1) is 0 Å². The molecule has 2 rings (SSSR count). The van der Waals surface area contributed by atoms with Gasteiger partial charge in [-0.3, -0.25) is 4.79 Å². The lowest BCUT2D eigenvalue weighted by Crippen LogP contribution is -2.13. The van der Waals surface area contributed by atoms with Crippen molar-refractivity contribution >= 4 is 34.8 Å². The Morgan fingerprint density at radius 3 is 2.68 bits per heavy atom. The van der Waals surface area contributed by atoms with Crippen molar-refractivity contribution in [2.45, 2.75) is 0 Å². The van der Waals surface area contributed by atoms with Crippen molar-refractivity contribution in [1.82, 2.24) is 4.98 Å². The van der Waals surface area contributed by atoms with Gasteiger partial charge in [0.2, 0.25) is 5.88 Å². The van der Waals surface area contributed by atoms with Crippen LogP contribution in [0.4, 0.5) is 5.69 Å². The number of nitrogen functional groups attached to an aromatic ring is 1.